The highest BCUT2D eigenvalue weighted by atomic mass is 16.5. The van der Waals surface area contributed by atoms with Gasteiger partial charge in [-0.3, -0.25) is 0 Å². The van der Waals surface area contributed by atoms with Crippen LogP contribution in [0.4, 0.5) is 0 Å². The first kappa shape index (κ1) is 7.43. The summed E-state index contributed by atoms with van der Waals surface area (Å²) in [7, 11) is 1.70. The molecule has 0 spiro atoms. The van der Waals surface area contributed by atoms with Crippen molar-refractivity contribution in [2.24, 2.45) is 5.92 Å². The number of methoxy groups -OCH3 is 1. The third kappa shape index (κ3) is 1.43. The van der Waals surface area contributed by atoms with Crippen molar-refractivity contribution in [3.05, 3.63) is 18.1 Å². The van der Waals surface area contributed by atoms with Crippen LogP contribution in [0.25, 0.3) is 0 Å². The highest BCUT2D eigenvalue weighted by Crippen LogP contribution is 2.30. The normalized spacial score (nSPS) is 18.5. The second kappa shape index (κ2) is 3.48. The van der Waals surface area contributed by atoms with Crippen LogP contribution in [0.3, 0.4) is 0 Å². The predicted octanol–water partition coefficient (Wildman–Crippen LogP) is 2.49. The Hall–Kier alpha value is -0.680. The summed E-state index contributed by atoms with van der Waals surface area (Å²) in [5.74, 6) is 1.57. The van der Waals surface area contributed by atoms with E-state index in [1.807, 2.05) is 0 Å². The summed E-state index contributed by atoms with van der Waals surface area (Å²) in [4.78, 5) is 0. The van der Waals surface area contributed by atoms with Crippen LogP contribution in [0.15, 0.2) is 18.1 Å². The van der Waals surface area contributed by atoms with Gasteiger partial charge >= 0.3 is 0 Å². The lowest BCUT2D eigenvalue weighted by molar-refractivity contribution is 0.243. The van der Waals surface area contributed by atoms with Gasteiger partial charge in [0.05, 0.1) is 7.11 Å². The van der Waals surface area contributed by atoms with Gasteiger partial charge in [0.1, 0.15) is 5.76 Å². The van der Waals surface area contributed by atoms with E-state index >= 15 is 0 Å². The Morgan fingerprint density at radius 3 is 2.50 bits per heavy atom. The maximum atomic E-state index is 5.13. The Morgan fingerprint density at radius 1 is 1.50 bits per heavy atom. The number of ether oxygens (including phenoxy) is 1. The highest BCUT2D eigenvalue weighted by Gasteiger charge is 2.19. The van der Waals surface area contributed by atoms with Crippen LogP contribution in [0.1, 0.15) is 25.7 Å². The maximum Gasteiger partial charge on any atom is 0.140 e. The van der Waals surface area contributed by atoms with E-state index in [1.54, 1.807) is 7.11 Å². The molecule has 0 aromatic rings. The molecule has 0 atom stereocenters. The maximum absolute atomic E-state index is 5.13. The first-order valence-electron chi connectivity index (χ1n) is 3.82. The minimum absolute atomic E-state index is 0.613. The van der Waals surface area contributed by atoms with Crippen molar-refractivity contribution in [1.82, 2.24) is 0 Å². The van der Waals surface area contributed by atoms with E-state index in [1.165, 1.54) is 25.7 Å². The molecule has 0 unspecified atom stereocenters. The molecule has 0 bridgehead atoms. The molecule has 0 amide bonds. The van der Waals surface area contributed by atoms with Gasteiger partial charge < -0.3 is 4.74 Å². The summed E-state index contributed by atoms with van der Waals surface area (Å²) in [6.07, 6.45) is 5.18. The molecule has 0 aromatic heterocycles. The van der Waals surface area contributed by atoms with E-state index in [0.29, 0.717) is 5.92 Å². The van der Waals surface area contributed by atoms with Crippen molar-refractivity contribution in [1.29, 1.82) is 0 Å². The first-order chi connectivity index (χ1) is 4.88. The molecule has 1 heteroatoms. The second-order valence-electron chi connectivity index (χ2n) is 2.73. The lowest BCUT2D eigenvalue weighted by Gasteiger charge is -2.09. The Kier molecular flexibility index (Phi) is 2.58. The van der Waals surface area contributed by atoms with E-state index in [-0.39, 0.29) is 0 Å². The SMILES string of the molecule is C=C=C(OC)C1CCCC1. The molecule has 0 aliphatic heterocycles. The molecule has 56 valence electrons. The lowest BCUT2D eigenvalue weighted by atomic mass is 10.1. The molecule has 1 rings (SSSR count). The summed E-state index contributed by atoms with van der Waals surface area (Å²) in [6.45, 7) is 3.59. The van der Waals surface area contributed by atoms with Crippen LogP contribution < -0.4 is 0 Å². The fourth-order valence-corrected chi connectivity index (χ4v) is 1.57. The summed E-state index contributed by atoms with van der Waals surface area (Å²) in [5, 5.41) is 0. The standard InChI is InChI=1S/C9H14O/c1-3-9(10-2)8-6-4-5-7-8/h8H,1,4-7H2,2H3. The number of rotatable bonds is 2. The highest BCUT2D eigenvalue weighted by molar-refractivity contribution is 4.97. The Labute approximate surface area is 62.4 Å². The predicted molar refractivity (Wildman–Crippen MR) is 41.6 cm³/mol. The second-order valence-corrected chi connectivity index (χ2v) is 2.73. The summed E-state index contributed by atoms with van der Waals surface area (Å²) >= 11 is 0. The monoisotopic (exact) mass is 138 g/mol. The minimum Gasteiger partial charge on any atom is -0.493 e. The van der Waals surface area contributed by atoms with Gasteiger partial charge in [0.2, 0.25) is 0 Å². The van der Waals surface area contributed by atoms with E-state index in [0.717, 1.165) is 5.76 Å². The van der Waals surface area contributed by atoms with Crippen molar-refractivity contribution < 1.29 is 4.74 Å². The molecule has 0 radical (unpaired) electrons. The molecule has 1 saturated carbocycles. The van der Waals surface area contributed by atoms with E-state index < -0.39 is 0 Å². The lowest BCUT2D eigenvalue weighted by Crippen LogP contribution is -1.98. The van der Waals surface area contributed by atoms with Gasteiger partial charge in [-0.05, 0) is 12.8 Å². The number of allylic oxidation sites excluding steroid dienone is 1. The summed E-state index contributed by atoms with van der Waals surface area (Å²) in [5.41, 5.74) is 2.84. The van der Waals surface area contributed by atoms with Gasteiger partial charge in [-0.2, -0.15) is 0 Å². The number of hydrogen-bond donors (Lipinski definition) is 0. The van der Waals surface area contributed by atoms with Crippen LogP contribution in [-0.2, 0) is 4.74 Å². The first-order valence-corrected chi connectivity index (χ1v) is 3.82. The minimum atomic E-state index is 0.613. The van der Waals surface area contributed by atoms with Crippen LogP contribution >= 0.6 is 0 Å². The fourth-order valence-electron chi connectivity index (χ4n) is 1.57. The van der Waals surface area contributed by atoms with Crippen LogP contribution in [0, 0.1) is 5.92 Å². The molecule has 0 aromatic carbocycles. The van der Waals surface area contributed by atoms with Gasteiger partial charge in [0, 0.05) is 5.92 Å². The Balaban J connectivity index is 2.53. The molecule has 0 N–H and O–H groups in total. The quantitative estimate of drug-likeness (QED) is 0.421. The molecular weight excluding hydrogens is 124 g/mol. The van der Waals surface area contributed by atoms with Crippen LogP contribution in [-0.4, -0.2) is 7.11 Å². The smallest absolute Gasteiger partial charge is 0.140 e. The van der Waals surface area contributed by atoms with Crippen molar-refractivity contribution >= 4 is 0 Å². The third-order valence-corrected chi connectivity index (χ3v) is 2.12. The molecule has 1 aliphatic rings. The summed E-state index contributed by atoms with van der Waals surface area (Å²) in [6, 6.07) is 0. The third-order valence-electron chi connectivity index (χ3n) is 2.12. The zero-order valence-electron chi connectivity index (χ0n) is 6.52. The molecule has 1 aliphatic carbocycles. The van der Waals surface area contributed by atoms with Gasteiger partial charge in [0.25, 0.3) is 0 Å². The molecular formula is C9H14O. The van der Waals surface area contributed by atoms with Gasteiger partial charge in [-0.1, -0.05) is 25.2 Å². The largest absolute Gasteiger partial charge is 0.493 e. The fraction of sp³-hybridized carbons (Fsp3) is 0.667. The molecule has 10 heavy (non-hydrogen) atoms. The molecule has 1 fully saturated rings. The molecule has 0 heterocycles. The van der Waals surface area contributed by atoms with Gasteiger partial charge in [0.15, 0.2) is 0 Å². The van der Waals surface area contributed by atoms with Gasteiger partial charge in [-0.25, -0.2) is 0 Å². The van der Waals surface area contributed by atoms with Gasteiger partial charge in [-0.15, -0.1) is 0 Å². The summed E-state index contributed by atoms with van der Waals surface area (Å²) < 4.78 is 5.13. The Bertz CT molecular complexity index is 148. The number of hydrogen-bond acceptors (Lipinski definition) is 1. The van der Waals surface area contributed by atoms with E-state index in [4.69, 9.17) is 4.74 Å². The van der Waals surface area contributed by atoms with Crippen molar-refractivity contribution in [2.45, 2.75) is 25.7 Å². The average Bonchev–Trinajstić information content (AvgIpc) is 2.43. The molecule has 1 nitrogen and oxygen atoms in total. The van der Waals surface area contributed by atoms with E-state index in [2.05, 4.69) is 12.3 Å². The molecule has 0 saturated heterocycles. The zero-order valence-corrected chi connectivity index (χ0v) is 6.52. The van der Waals surface area contributed by atoms with Crippen LogP contribution in [0.2, 0.25) is 0 Å². The van der Waals surface area contributed by atoms with Crippen molar-refractivity contribution in [3.63, 3.8) is 0 Å². The van der Waals surface area contributed by atoms with Crippen LogP contribution in [0.5, 0.6) is 0 Å². The average molecular weight is 138 g/mol. The topological polar surface area (TPSA) is 9.23 Å². The Morgan fingerprint density at radius 2 is 2.10 bits per heavy atom. The van der Waals surface area contributed by atoms with Crippen molar-refractivity contribution in [2.75, 3.05) is 7.11 Å². The van der Waals surface area contributed by atoms with E-state index in [9.17, 15) is 0 Å². The zero-order chi connectivity index (χ0) is 7.40. The van der Waals surface area contributed by atoms with Crippen molar-refractivity contribution in [3.8, 4) is 0 Å².